The molecule has 0 radical (unpaired) electrons. The molecule has 0 aliphatic carbocycles. The summed E-state index contributed by atoms with van der Waals surface area (Å²) in [6, 6.07) is 5.74. The molecule has 0 aromatic carbocycles. The Bertz CT molecular complexity index is 728. The molecule has 5 nitrogen and oxygen atoms in total. The van der Waals surface area contributed by atoms with Crippen LogP contribution in [0.1, 0.15) is 19.0 Å². The first-order valence-electron chi connectivity index (χ1n) is 6.77. The molecule has 112 valence electrons. The minimum absolute atomic E-state index is 0.206. The third-order valence-corrected chi connectivity index (χ3v) is 6.45. The third-order valence-electron chi connectivity index (χ3n) is 3.64. The first-order valence-corrected chi connectivity index (χ1v) is 9.47. The van der Waals surface area contributed by atoms with Crippen molar-refractivity contribution in [2.75, 3.05) is 11.5 Å². The second-order valence-corrected chi connectivity index (χ2v) is 8.66. The van der Waals surface area contributed by atoms with Crippen LogP contribution in [0.5, 0.6) is 0 Å². The van der Waals surface area contributed by atoms with Gasteiger partial charge in [-0.3, -0.25) is 4.98 Å². The van der Waals surface area contributed by atoms with E-state index < -0.39 is 9.84 Å². The quantitative estimate of drug-likeness (QED) is 0.930. The Labute approximate surface area is 128 Å². The molecule has 2 aromatic heterocycles. The summed E-state index contributed by atoms with van der Waals surface area (Å²) in [6.07, 6.45) is 2.41. The molecule has 1 saturated heterocycles. The number of sulfone groups is 1. The van der Waals surface area contributed by atoms with E-state index in [1.54, 1.807) is 17.5 Å². The smallest absolute Gasteiger partial charge is 0.152 e. The molecule has 0 spiro atoms. The molecule has 3 rings (SSSR count). The van der Waals surface area contributed by atoms with Crippen molar-refractivity contribution in [2.24, 2.45) is 0 Å². The summed E-state index contributed by atoms with van der Waals surface area (Å²) in [4.78, 5) is 8.83. The Morgan fingerprint density at radius 1 is 1.43 bits per heavy atom. The summed E-state index contributed by atoms with van der Waals surface area (Å²) in [5.74, 6) is 0.476. The van der Waals surface area contributed by atoms with Crippen molar-refractivity contribution in [3.05, 3.63) is 35.5 Å². The van der Waals surface area contributed by atoms with E-state index in [1.807, 2.05) is 30.5 Å². The Morgan fingerprint density at radius 2 is 2.29 bits per heavy atom. The number of pyridine rings is 1. The summed E-state index contributed by atoms with van der Waals surface area (Å²) in [7, 11) is -2.89. The first kappa shape index (κ1) is 14.6. The lowest BCUT2D eigenvalue weighted by atomic mass is 10.0. The van der Waals surface area contributed by atoms with E-state index in [4.69, 9.17) is 0 Å². The Kier molecular flexibility index (Phi) is 3.81. The first-order chi connectivity index (χ1) is 9.96. The van der Waals surface area contributed by atoms with Crippen LogP contribution in [0.4, 0.5) is 0 Å². The Hall–Kier alpha value is -1.31. The fourth-order valence-electron chi connectivity index (χ4n) is 2.45. The average Bonchev–Trinajstić information content (AvgIpc) is 3.03. The minimum atomic E-state index is -2.89. The topological polar surface area (TPSA) is 72.0 Å². The summed E-state index contributed by atoms with van der Waals surface area (Å²) >= 11 is 1.55. The van der Waals surface area contributed by atoms with E-state index in [0.29, 0.717) is 13.0 Å². The van der Waals surface area contributed by atoms with Crippen LogP contribution in [-0.4, -0.2) is 35.4 Å². The number of nitrogens with one attached hydrogen (secondary N) is 1. The van der Waals surface area contributed by atoms with Gasteiger partial charge in [0.15, 0.2) is 9.84 Å². The highest BCUT2D eigenvalue weighted by atomic mass is 32.2. The zero-order valence-electron chi connectivity index (χ0n) is 11.7. The lowest BCUT2D eigenvalue weighted by Gasteiger charge is -2.23. The number of hydrogen-bond acceptors (Lipinski definition) is 6. The molecule has 2 aromatic rings. The van der Waals surface area contributed by atoms with Crippen LogP contribution in [0.15, 0.2) is 29.8 Å². The maximum Gasteiger partial charge on any atom is 0.152 e. The standard InChI is InChI=1S/C14H17N3O2S2/c1-14(5-7-21(18,19)10-14)16-8-11-9-20-13(17-11)12-4-2-3-6-15-12/h2-4,6,9,16H,5,7-8,10H2,1H3/t14-/m1/s1. The van der Waals surface area contributed by atoms with Crippen molar-refractivity contribution in [2.45, 2.75) is 25.4 Å². The number of thiazole rings is 1. The fraction of sp³-hybridized carbons (Fsp3) is 0.429. The molecule has 1 aliphatic rings. The zero-order valence-corrected chi connectivity index (χ0v) is 13.4. The normalized spacial score (nSPS) is 24.2. The van der Waals surface area contributed by atoms with E-state index in [-0.39, 0.29) is 17.0 Å². The van der Waals surface area contributed by atoms with Gasteiger partial charge in [-0.1, -0.05) is 6.07 Å². The largest absolute Gasteiger partial charge is 0.305 e. The van der Waals surface area contributed by atoms with Gasteiger partial charge in [0.1, 0.15) is 5.01 Å². The zero-order chi connectivity index (χ0) is 14.9. The minimum Gasteiger partial charge on any atom is -0.305 e. The van der Waals surface area contributed by atoms with Gasteiger partial charge >= 0.3 is 0 Å². The van der Waals surface area contributed by atoms with Crippen LogP contribution in [0.2, 0.25) is 0 Å². The van der Waals surface area contributed by atoms with Crippen LogP contribution in [0.3, 0.4) is 0 Å². The van der Waals surface area contributed by atoms with Gasteiger partial charge in [0.25, 0.3) is 0 Å². The van der Waals surface area contributed by atoms with Gasteiger partial charge in [0.2, 0.25) is 0 Å². The SMILES string of the molecule is C[C@@]1(NCc2csc(-c3ccccn3)n2)CCS(=O)(=O)C1. The van der Waals surface area contributed by atoms with Gasteiger partial charge < -0.3 is 5.32 Å². The molecule has 0 amide bonds. The molecular weight excluding hydrogens is 306 g/mol. The van der Waals surface area contributed by atoms with E-state index in [2.05, 4.69) is 15.3 Å². The van der Waals surface area contributed by atoms with Crippen LogP contribution in [-0.2, 0) is 16.4 Å². The van der Waals surface area contributed by atoms with Crippen LogP contribution in [0.25, 0.3) is 10.7 Å². The Morgan fingerprint density at radius 3 is 2.95 bits per heavy atom. The van der Waals surface area contributed by atoms with Crippen molar-refractivity contribution >= 4 is 21.2 Å². The van der Waals surface area contributed by atoms with Gasteiger partial charge in [-0.25, -0.2) is 13.4 Å². The average molecular weight is 323 g/mol. The summed E-state index contributed by atoms with van der Waals surface area (Å²) in [6.45, 7) is 2.54. The molecule has 7 heteroatoms. The third kappa shape index (κ3) is 3.48. The van der Waals surface area contributed by atoms with Gasteiger partial charge in [0, 0.05) is 23.7 Å². The molecule has 0 saturated carbocycles. The van der Waals surface area contributed by atoms with E-state index in [0.717, 1.165) is 16.4 Å². The molecule has 0 unspecified atom stereocenters. The lowest BCUT2D eigenvalue weighted by Crippen LogP contribution is -2.42. The fourth-order valence-corrected chi connectivity index (χ4v) is 5.37. The molecule has 1 N–H and O–H groups in total. The van der Waals surface area contributed by atoms with Crippen molar-refractivity contribution in [1.82, 2.24) is 15.3 Å². The van der Waals surface area contributed by atoms with Gasteiger partial charge in [0.05, 0.1) is 22.9 Å². The van der Waals surface area contributed by atoms with Crippen molar-refractivity contribution in [1.29, 1.82) is 0 Å². The number of aromatic nitrogens is 2. The second kappa shape index (κ2) is 5.47. The van der Waals surface area contributed by atoms with Crippen LogP contribution >= 0.6 is 11.3 Å². The predicted molar refractivity (Wildman–Crippen MR) is 83.9 cm³/mol. The highest BCUT2D eigenvalue weighted by Gasteiger charge is 2.37. The van der Waals surface area contributed by atoms with Crippen molar-refractivity contribution < 1.29 is 8.42 Å². The van der Waals surface area contributed by atoms with Crippen molar-refractivity contribution in [3.8, 4) is 10.7 Å². The number of nitrogens with zero attached hydrogens (tertiary/aromatic N) is 2. The molecule has 21 heavy (non-hydrogen) atoms. The lowest BCUT2D eigenvalue weighted by molar-refractivity contribution is 0.393. The number of rotatable bonds is 4. The molecule has 1 aliphatic heterocycles. The monoisotopic (exact) mass is 323 g/mol. The van der Waals surface area contributed by atoms with E-state index in [9.17, 15) is 8.42 Å². The highest BCUT2D eigenvalue weighted by molar-refractivity contribution is 7.91. The highest BCUT2D eigenvalue weighted by Crippen LogP contribution is 2.25. The second-order valence-electron chi connectivity index (χ2n) is 5.62. The molecule has 1 atom stereocenters. The van der Waals surface area contributed by atoms with Crippen LogP contribution < -0.4 is 5.32 Å². The Balaban J connectivity index is 1.66. The van der Waals surface area contributed by atoms with Gasteiger partial charge in [-0.2, -0.15) is 0 Å². The molecule has 3 heterocycles. The summed E-state index contributed by atoms with van der Waals surface area (Å²) in [5, 5.41) is 6.21. The van der Waals surface area contributed by atoms with Gasteiger partial charge in [-0.15, -0.1) is 11.3 Å². The molecular formula is C14H17N3O2S2. The predicted octanol–water partition coefficient (Wildman–Crippen LogP) is 1.87. The molecule has 1 fully saturated rings. The van der Waals surface area contributed by atoms with E-state index >= 15 is 0 Å². The van der Waals surface area contributed by atoms with E-state index in [1.165, 1.54) is 0 Å². The maximum absolute atomic E-state index is 11.6. The van der Waals surface area contributed by atoms with Crippen LogP contribution in [0, 0.1) is 0 Å². The van der Waals surface area contributed by atoms with Crippen molar-refractivity contribution in [3.63, 3.8) is 0 Å². The number of hydrogen-bond donors (Lipinski definition) is 1. The van der Waals surface area contributed by atoms with Gasteiger partial charge in [-0.05, 0) is 25.5 Å². The summed E-state index contributed by atoms with van der Waals surface area (Å²) < 4.78 is 23.2. The summed E-state index contributed by atoms with van der Waals surface area (Å²) in [5.41, 5.74) is 1.45. The maximum atomic E-state index is 11.6. The molecule has 0 bridgehead atoms.